The molecule has 0 aliphatic heterocycles. The number of aryl methyl sites for hydroxylation is 3. The molecule has 0 aromatic carbocycles. The minimum absolute atomic E-state index is 0.300. The van der Waals surface area contributed by atoms with Gasteiger partial charge in [-0.1, -0.05) is 6.92 Å². The van der Waals surface area contributed by atoms with E-state index in [1.165, 1.54) is 9.13 Å². The molecular weight excluding hydrogens is 320 g/mol. The summed E-state index contributed by atoms with van der Waals surface area (Å²) in [5.41, 5.74) is 3.19. The lowest BCUT2D eigenvalue weighted by Gasteiger charge is -2.09. The highest BCUT2D eigenvalue weighted by Crippen LogP contribution is 2.20. The Labute approximate surface area is 145 Å². The molecule has 0 amide bonds. The summed E-state index contributed by atoms with van der Waals surface area (Å²) in [4.78, 5) is 29.9. The third-order valence-electron chi connectivity index (χ3n) is 4.82. The van der Waals surface area contributed by atoms with Crippen molar-refractivity contribution in [2.24, 2.45) is 7.05 Å². The zero-order valence-corrected chi connectivity index (χ0v) is 15.6. The molecule has 0 atom stereocenters. The van der Waals surface area contributed by atoms with Gasteiger partial charge in [-0.25, -0.2) is 9.48 Å². The Bertz CT molecular complexity index is 1080. The molecule has 0 spiro atoms. The van der Waals surface area contributed by atoms with Crippen molar-refractivity contribution in [3.8, 4) is 5.95 Å². The lowest BCUT2D eigenvalue weighted by atomic mass is 10.2. The van der Waals surface area contributed by atoms with Crippen LogP contribution in [0, 0.1) is 20.8 Å². The Hall–Kier alpha value is -2.64. The van der Waals surface area contributed by atoms with Crippen molar-refractivity contribution in [1.82, 2.24) is 28.5 Å². The first-order valence-corrected chi connectivity index (χ1v) is 8.56. The Morgan fingerprint density at radius 3 is 2.24 bits per heavy atom. The summed E-state index contributed by atoms with van der Waals surface area (Å²) < 4.78 is 6.32. The van der Waals surface area contributed by atoms with Crippen LogP contribution in [0.25, 0.3) is 17.1 Å². The summed E-state index contributed by atoms with van der Waals surface area (Å²) in [5, 5.41) is 4.58. The third kappa shape index (κ3) is 2.35. The zero-order valence-electron chi connectivity index (χ0n) is 15.6. The summed E-state index contributed by atoms with van der Waals surface area (Å²) in [6.45, 7) is 10.7. The van der Waals surface area contributed by atoms with Crippen molar-refractivity contribution < 1.29 is 0 Å². The van der Waals surface area contributed by atoms with E-state index in [0.717, 1.165) is 23.4 Å². The van der Waals surface area contributed by atoms with E-state index in [1.54, 1.807) is 18.7 Å². The van der Waals surface area contributed by atoms with E-state index in [4.69, 9.17) is 0 Å². The summed E-state index contributed by atoms with van der Waals surface area (Å²) >= 11 is 0. The molecule has 0 N–H and O–H groups in total. The molecule has 3 heterocycles. The largest absolute Gasteiger partial charge is 0.332 e. The Morgan fingerprint density at radius 1 is 1.04 bits per heavy atom. The van der Waals surface area contributed by atoms with Gasteiger partial charge >= 0.3 is 5.69 Å². The van der Waals surface area contributed by atoms with E-state index in [9.17, 15) is 9.59 Å². The normalized spacial score (nSPS) is 11.6. The van der Waals surface area contributed by atoms with Gasteiger partial charge in [-0.2, -0.15) is 10.1 Å². The predicted octanol–water partition coefficient (Wildman–Crippen LogP) is 1.44. The van der Waals surface area contributed by atoms with Crippen LogP contribution in [0.2, 0.25) is 0 Å². The van der Waals surface area contributed by atoms with Crippen LogP contribution in [0.3, 0.4) is 0 Å². The fraction of sp³-hybridized carbons (Fsp3) is 0.529. The molecule has 134 valence electrons. The second-order valence-electron chi connectivity index (χ2n) is 6.33. The minimum atomic E-state index is -0.350. The molecule has 3 aromatic heterocycles. The molecule has 0 saturated heterocycles. The minimum Gasteiger partial charge on any atom is -0.302 e. The van der Waals surface area contributed by atoms with Crippen LogP contribution in [-0.4, -0.2) is 28.5 Å². The van der Waals surface area contributed by atoms with E-state index in [1.807, 2.05) is 32.3 Å². The summed E-state index contributed by atoms with van der Waals surface area (Å²) in [6, 6.07) is 0. The highest BCUT2D eigenvalue weighted by molar-refractivity contribution is 5.72. The van der Waals surface area contributed by atoms with Crippen LogP contribution in [0.5, 0.6) is 0 Å². The number of hydrogen-bond donors (Lipinski definition) is 0. The number of hydrogen-bond acceptors (Lipinski definition) is 4. The summed E-state index contributed by atoms with van der Waals surface area (Å²) in [5.74, 6) is 0.575. The highest BCUT2D eigenvalue weighted by Gasteiger charge is 2.22. The van der Waals surface area contributed by atoms with Crippen LogP contribution in [0.4, 0.5) is 0 Å². The van der Waals surface area contributed by atoms with Crippen molar-refractivity contribution in [3.63, 3.8) is 0 Å². The first kappa shape index (κ1) is 17.2. The smallest absolute Gasteiger partial charge is 0.302 e. The van der Waals surface area contributed by atoms with Gasteiger partial charge in [-0.3, -0.25) is 13.9 Å². The summed E-state index contributed by atoms with van der Waals surface area (Å²) in [6.07, 6.45) is 0.838. The van der Waals surface area contributed by atoms with Gasteiger partial charge in [0.15, 0.2) is 11.2 Å². The summed E-state index contributed by atoms with van der Waals surface area (Å²) in [7, 11) is 1.65. The van der Waals surface area contributed by atoms with Gasteiger partial charge in [0.1, 0.15) is 0 Å². The van der Waals surface area contributed by atoms with Gasteiger partial charge in [0.25, 0.3) is 5.56 Å². The van der Waals surface area contributed by atoms with Crippen LogP contribution in [0.15, 0.2) is 9.59 Å². The number of nitrogens with zero attached hydrogens (tertiary/aromatic N) is 6. The molecular formula is C17H24N6O2. The molecule has 0 aliphatic carbocycles. The van der Waals surface area contributed by atoms with Crippen molar-refractivity contribution in [1.29, 1.82) is 0 Å². The molecule has 0 bridgehead atoms. The van der Waals surface area contributed by atoms with Crippen LogP contribution < -0.4 is 11.2 Å². The standard InChI is InChI=1S/C17H24N6O2/c1-7-9-22-13-14(20(6)17(25)21(8-2)15(13)24)18-16(22)23-12(5)10(3)11(4)19-23/h7-9H2,1-6H3. The van der Waals surface area contributed by atoms with Gasteiger partial charge in [0.05, 0.1) is 5.69 Å². The van der Waals surface area contributed by atoms with E-state index < -0.39 is 0 Å². The van der Waals surface area contributed by atoms with Crippen molar-refractivity contribution in [2.75, 3.05) is 0 Å². The van der Waals surface area contributed by atoms with Gasteiger partial charge < -0.3 is 4.57 Å². The maximum atomic E-state index is 12.9. The van der Waals surface area contributed by atoms with Gasteiger partial charge in [0.2, 0.25) is 5.95 Å². The predicted molar refractivity (Wildman–Crippen MR) is 96.5 cm³/mol. The number of aromatic nitrogens is 6. The van der Waals surface area contributed by atoms with Crippen molar-refractivity contribution in [3.05, 3.63) is 37.8 Å². The van der Waals surface area contributed by atoms with Crippen molar-refractivity contribution >= 4 is 11.2 Å². The Balaban J connectivity index is 2.49. The third-order valence-corrected chi connectivity index (χ3v) is 4.82. The number of fused-ring (bicyclic) bond motifs is 1. The van der Waals surface area contributed by atoms with Crippen LogP contribution >= 0.6 is 0 Å². The molecule has 8 nitrogen and oxygen atoms in total. The molecule has 0 aliphatic rings. The fourth-order valence-electron chi connectivity index (χ4n) is 3.15. The van der Waals surface area contributed by atoms with Gasteiger partial charge in [-0.05, 0) is 39.7 Å². The lowest BCUT2D eigenvalue weighted by Crippen LogP contribution is -2.39. The highest BCUT2D eigenvalue weighted by atomic mass is 16.2. The molecule has 0 radical (unpaired) electrons. The quantitative estimate of drug-likeness (QED) is 0.717. The van der Waals surface area contributed by atoms with Gasteiger partial charge in [0, 0.05) is 25.8 Å². The zero-order chi connectivity index (χ0) is 18.5. The van der Waals surface area contributed by atoms with Crippen LogP contribution in [-0.2, 0) is 20.1 Å². The van der Waals surface area contributed by atoms with E-state index in [2.05, 4.69) is 10.1 Å². The number of rotatable bonds is 4. The fourth-order valence-corrected chi connectivity index (χ4v) is 3.15. The van der Waals surface area contributed by atoms with E-state index >= 15 is 0 Å². The molecule has 0 unspecified atom stereocenters. The maximum Gasteiger partial charge on any atom is 0.332 e. The number of imidazole rings is 1. The Morgan fingerprint density at radius 2 is 1.72 bits per heavy atom. The second-order valence-corrected chi connectivity index (χ2v) is 6.33. The lowest BCUT2D eigenvalue weighted by molar-refractivity contribution is 0.621. The van der Waals surface area contributed by atoms with Crippen molar-refractivity contribution in [2.45, 2.75) is 54.1 Å². The average molecular weight is 344 g/mol. The SMILES string of the molecule is CCCn1c(-n2nc(C)c(C)c2C)nc2c1c(=O)n(CC)c(=O)n2C. The second kappa shape index (κ2) is 6.02. The van der Waals surface area contributed by atoms with E-state index in [-0.39, 0.29) is 11.2 Å². The molecule has 8 heteroatoms. The molecule has 3 aromatic rings. The van der Waals surface area contributed by atoms with E-state index in [0.29, 0.717) is 30.2 Å². The molecule has 0 saturated carbocycles. The molecule has 25 heavy (non-hydrogen) atoms. The monoisotopic (exact) mass is 344 g/mol. The maximum absolute atomic E-state index is 12.9. The van der Waals surface area contributed by atoms with Crippen LogP contribution in [0.1, 0.15) is 37.2 Å². The Kier molecular flexibility index (Phi) is 4.14. The topological polar surface area (TPSA) is 79.6 Å². The first-order chi connectivity index (χ1) is 11.8. The first-order valence-electron chi connectivity index (χ1n) is 8.56. The average Bonchev–Trinajstić information content (AvgIpc) is 3.07. The molecule has 0 fully saturated rings. The van der Waals surface area contributed by atoms with Gasteiger partial charge in [-0.15, -0.1) is 0 Å². The molecule has 3 rings (SSSR count).